The molecular formula is C23H33Cl3N2. The maximum atomic E-state index is 6.19. The normalized spacial score (nSPS) is 16.1. The molecule has 3 rings (SSSR count). The van der Waals surface area contributed by atoms with Gasteiger partial charge in [-0.05, 0) is 75.0 Å². The smallest absolute Gasteiger partial charge is 0.0406 e. The SMILES string of the molecule is Cl.Cl.NCC1(c2ccccc2)CCN(CCCCCc2ccc(Cl)cc2)CC1. The van der Waals surface area contributed by atoms with Crippen LogP contribution >= 0.6 is 36.4 Å². The van der Waals surface area contributed by atoms with Crippen LogP contribution in [0, 0.1) is 0 Å². The molecule has 1 saturated heterocycles. The van der Waals surface area contributed by atoms with Gasteiger partial charge in [0.15, 0.2) is 0 Å². The molecule has 0 unspecified atom stereocenters. The molecule has 28 heavy (non-hydrogen) atoms. The van der Waals surface area contributed by atoms with E-state index in [0.29, 0.717) is 0 Å². The van der Waals surface area contributed by atoms with Crippen molar-refractivity contribution < 1.29 is 0 Å². The van der Waals surface area contributed by atoms with Crippen molar-refractivity contribution in [1.29, 1.82) is 0 Å². The zero-order valence-corrected chi connectivity index (χ0v) is 18.9. The van der Waals surface area contributed by atoms with Crippen molar-refractivity contribution >= 4 is 36.4 Å². The van der Waals surface area contributed by atoms with E-state index in [1.54, 1.807) is 0 Å². The van der Waals surface area contributed by atoms with E-state index < -0.39 is 0 Å². The number of nitrogens with two attached hydrogens (primary N) is 1. The molecule has 2 nitrogen and oxygen atoms in total. The summed E-state index contributed by atoms with van der Waals surface area (Å²) < 4.78 is 0. The predicted molar refractivity (Wildman–Crippen MR) is 126 cm³/mol. The first-order chi connectivity index (χ1) is 12.7. The number of benzene rings is 2. The summed E-state index contributed by atoms with van der Waals surface area (Å²) in [5, 5.41) is 0.822. The quantitative estimate of drug-likeness (QED) is 0.515. The Labute approximate surface area is 187 Å². The average molecular weight is 444 g/mol. The molecule has 1 aliphatic heterocycles. The second-order valence-electron chi connectivity index (χ2n) is 7.63. The van der Waals surface area contributed by atoms with Crippen LogP contribution in [0.2, 0.25) is 5.02 Å². The van der Waals surface area contributed by atoms with E-state index in [9.17, 15) is 0 Å². The Morgan fingerprint density at radius 3 is 2.11 bits per heavy atom. The number of unbranched alkanes of at least 4 members (excludes halogenated alkanes) is 2. The van der Waals surface area contributed by atoms with E-state index >= 15 is 0 Å². The number of halogens is 3. The molecule has 0 spiro atoms. The predicted octanol–water partition coefficient (Wildman–Crippen LogP) is 5.89. The van der Waals surface area contributed by atoms with Crippen LogP contribution < -0.4 is 5.73 Å². The van der Waals surface area contributed by atoms with Gasteiger partial charge in [0.25, 0.3) is 0 Å². The van der Waals surface area contributed by atoms with E-state index in [1.165, 1.54) is 62.9 Å². The largest absolute Gasteiger partial charge is 0.330 e. The third-order valence-corrected chi connectivity index (χ3v) is 6.20. The molecule has 2 N–H and O–H groups in total. The lowest BCUT2D eigenvalue weighted by atomic mass is 9.73. The summed E-state index contributed by atoms with van der Waals surface area (Å²) in [5.41, 5.74) is 9.19. The van der Waals surface area contributed by atoms with Crippen LogP contribution in [0.5, 0.6) is 0 Å². The summed E-state index contributed by atoms with van der Waals surface area (Å²) in [4.78, 5) is 2.62. The molecule has 1 aliphatic rings. The van der Waals surface area contributed by atoms with Gasteiger partial charge in [-0.3, -0.25) is 0 Å². The second kappa shape index (κ2) is 12.7. The highest BCUT2D eigenvalue weighted by Gasteiger charge is 2.34. The van der Waals surface area contributed by atoms with Crippen LogP contribution in [-0.4, -0.2) is 31.1 Å². The first-order valence-corrected chi connectivity index (χ1v) is 10.3. The fourth-order valence-electron chi connectivity index (χ4n) is 4.10. The minimum absolute atomic E-state index is 0. The highest BCUT2D eigenvalue weighted by atomic mass is 35.5. The summed E-state index contributed by atoms with van der Waals surface area (Å²) in [6, 6.07) is 19.1. The second-order valence-corrected chi connectivity index (χ2v) is 8.07. The summed E-state index contributed by atoms with van der Waals surface area (Å²) in [5.74, 6) is 0. The summed E-state index contributed by atoms with van der Waals surface area (Å²) in [7, 11) is 0. The van der Waals surface area contributed by atoms with Gasteiger partial charge in [-0.25, -0.2) is 0 Å². The zero-order valence-electron chi connectivity index (χ0n) is 16.5. The van der Waals surface area contributed by atoms with Crippen molar-refractivity contribution in [2.24, 2.45) is 5.73 Å². The maximum Gasteiger partial charge on any atom is 0.0406 e. The minimum atomic E-state index is 0. The van der Waals surface area contributed by atoms with Crippen LogP contribution in [-0.2, 0) is 11.8 Å². The molecule has 0 aliphatic carbocycles. The molecule has 0 aromatic heterocycles. The molecule has 1 heterocycles. The summed E-state index contributed by atoms with van der Waals surface area (Å²) in [6.45, 7) is 4.31. The Bertz CT molecular complexity index is 653. The van der Waals surface area contributed by atoms with Crippen molar-refractivity contribution in [3.63, 3.8) is 0 Å². The molecule has 2 aromatic carbocycles. The molecule has 0 radical (unpaired) electrons. The number of likely N-dealkylation sites (tertiary alicyclic amines) is 1. The molecule has 0 atom stereocenters. The van der Waals surface area contributed by atoms with E-state index in [1.807, 2.05) is 12.1 Å². The fourth-order valence-corrected chi connectivity index (χ4v) is 4.23. The standard InChI is InChI=1S/C23H31ClN2.2ClH/c24-22-12-10-20(11-13-22)7-3-2-6-16-26-17-14-23(19-25,15-18-26)21-8-4-1-5-9-21;;/h1,4-5,8-13H,2-3,6-7,14-19,25H2;2*1H. The number of rotatable bonds is 8. The highest BCUT2D eigenvalue weighted by molar-refractivity contribution is 6.30. The molecular weight excluding hydrogens is 411 g/mol. The Kier molecular flexibility index (Phi) is 11.5. The first-order valence-electron chi connectivity index (χ1n) is 9.94. The van der Waals surface area contributed by atoms with E-state index in [0.717, 1.165) is 18.0 Å². The van der Waals surface area contributed by atoms with Crippen LogP contribution in [0.15, 0.2) is 54.6 Å². The Morgan fingerprint density at radius 1 is 0.857 bits per heavy atom. The highest BCUT2D eigenvalue weighted by Crippen LogP contribution is 2.34. The van der Waals surface area contributed by atoms with Crippen molar-refractivity contribution in [3.8, 4) is 0 Å². The summed E-state index contributed by atoms with van der Waals surface area (Å²) in [6.07, 6.45) is 7.35. The monoisotopic (exact) mass is 442 g/mol. The van der Waals surface area contributed by atoms with E-state index in [2.05, 4.69) is 47.4 Å². The fraction of sp³-hybridized carbons (Fsp3) is 0.478. The number of hydrogen-bond donors (Lipinski definition) is 1. The molecule has 0 amide bonds. The van der Waals surface area contributed by atoms with Crippen LogP contribution in [0.4, 0.5) is 0 Å². The van der Waals surface area contributed by atoms with Crippen molar-refractivity contribution in [2.45, 2.75) is 43.9 Å². The Hall–Kier alpha value is -0.770. The van der Waals surface area contributed by atoms with Crippen LogP contribution in [0.3, 0.4) is 0 Å². The number of aryl methyl sites for hydroxylation is 1. The van der Waals surface area contributed by atoms with Gasteiger partial charge in [-0.1, -0.05) is 60.5 Å². The Morgan fingerprint density at radius 2 is 1.50 bits per heavy atom. The van der Waals surface area contributed by atoms with Gasteiger partial charge in [-0.15, -0.1) is 24.8 Å². The Balaban J connectivity index is 0.00000196. The lowest BCUT2D eigenvalue weighted by Gasteiger charge is -2.41. The third-order valence-electron chi connectivity index (χ3n) is 5.94. The van der Waals surface area contributed by atoms with Gasteiger partial charge in [0.05, 0.1) is 0 Å². The van der Waals surface area contributed by atoms with Gasteiger partial charge in [-0.2, -0.15) is 0 Å². The van der Waals surface area contributed by atoms with Crippen LogP contribution in [0.1, 0.15) is 43.2 Å². The molecule has 1 fully saturated rings. The zero-order chi connectivity index (χ0) is 18.2. The minimum Gasteiger partial charge on any atom is -0.330 e. The van der Waals surface area contributed by atoms with Crippen molar-refractivity contribution in [2.75, 3.05) is 26.2 Å². The lowest BCUT2D eigenvalue weighted by molar-refractivity contribution is 0.160. The van der Waals surface area contributed by atoms with Gasteiger partial charge in [0, 0.05) is 17.0 Å². The number of piperidine rings is 1. The summed E-state index contributed by atoms with van der Waals surface area (Å²) >= 11 is 5.94. The topological polar surface area (TPSA) is 29.3 Å². The average Bonchev–Trinajstić information content (AvgIpc) is 2.70. The van der Waals surface area contributed by atoms with E-state index in [4.69, 9.17) is 17.3 Å². The van der Waals surface area contributed by atoms with Crippen molar-refractivity contribution in [1.82, 2.24) is 4.90 Å². The molecule has 0 saturated carbocycles. The van der Waals surface area contributed by atoms with Crippen LogP contribution in [0.25, 0.3) is 0 Å². The maximum absolute atomic E-state index is 6.19. The van der Waals surface area contributed by atoms with Gasteiger partial charge in [0.2, 0.25) is 0 Å². The molecule has 2 aromatic rings. The molecule has 156 valence electrons. The third kappa shape index (κ3) is 6.93. The molecule has 5 heteroatoms. The first kappa shape index (κ1) is 25.3. The van der Waals surface area contributed by atoms with E-state index in [-0.39, 0.29) is 30.2 Å². The van der Waals surface area contributed by atoms with Crippen molar-refractivity contribution in [3.05, 3.63) is 70.7 Å². The number of hydrogen-bond acceptors (Lipinski definition) is 2. The van der Waals surface area contributed by atoms with Gasteiger partial charge < -0.3 is 10.6 Å². The van der Waals surface area contributed by atoms with Gasteiger partial charge >= 0.3 is 0 Å². The molecule has 0 bridgehead atoms. The van der Waals surface area contributed by atoms with Gasteiger partial charge in [0.1, 0.15) is 0 Å². The number of nitrogens with zero attached hydrogens (tertiary/aromatic N) is 1. The lowest BCUT2D eigenvalue weighted by Crippen LogP contribution is -2.46.